The first-order valence-corrected chi connectivity index (χ1v) is 9.62. The lowest BCUT2D eigenvalue weighted by Crippen LogP contribution is -2.76. The molecule has 1 aromatic rings. The van der Waals surface area contributed by atoms with Crippen LogP contribution in [-0.4, -0.2) is 47.4 Å². The number of aliphatic carboxylic acids is 1. The molecule has 0 spiro atoms. The fourth-order valence-corrected chi connectivity index (χ4v) is 4.16. The smallest absolute Gasteiger partial charge is 0.330 e. The highest BCUT2D eigenvalue weighted by Gasteiger charge is 2.66. The number of carboxylic acid groups (broad SMARTS) is 1. The number of hydrogen-bond acceptors (Lipinski definition) is 5. The summed E-state index contributed by atoms with van der Waals surface area (Å²) in [7, 11) is 0. The minimum atomic E-state index is -1.37. The van der Waals surface area contributed by atoms with E-state index in [1.165, 1.54) is 0 Å². The Kier molecular flexibility index (Phi) is 5.08. The average molecular weight is 391 g/mol. The number of carbonyl (C=O) groups excluding carboxylic acids is 1. The average Bonchev–Trinajstić information content (AvgIpc) is 2.92. The van der Waals surface area contributed by atoms with E-state index in [0.29, 0.717) is 18.1 Å². The molecule has 2 aliphatic rings. The molecule has 0 radical (unpaired) electrons. The zero-order valence-electron chi connectivity index (χ0n) is 17.1. The summed E-state index contributed by atoms with van der Waals surface area (Å²) in [5, 5.41) is 12.5. The molecule has 0 bridgehead atoms. The Bertz CT molecular complexity index is 787. The number of para-hydroxylation sites is 1. The van der Waals surface area contributed by atoms with Crippen molar-refractivity contribution in [2.24, 2.45) is 5.41 Å². The second-order valence-corrected chi connectivity index (χ2v) is 8.70. The van der Waals surface area contributed by atoms with Crippen molar-refractivity contribution in [3.05, 3.63) is 23.8 Å². The Labute approximate surface area is 165 Å². The lowest BCUT2D eigenvalue weighted by molar-refractivity contribution is -0.194. The molecule has 1 fully saturated rings. The van der Waals surface area contributed by atoms with Crippen LogP contribution >= 0.6 is 0 Å². The van der Waals surface area contributed by atoms with E-state index in [9.17, 15) is 14.7 Å². The van der Waals surface area contributed by atoms with Crippen LogP contribution in [-0.2, 0) is 20.7 Å². The second kappa shape index (κ2) is 6.95. The second-order valence-electron chi connectivity index (χ2n) is 8.70. The summed E-state index contributed by atoms with van der Waals surface area (Å²) in [6.45, 7) is 9.66. The number of benzene rings is 1. The van der Waals surface area contributed by atoms with E-state index in [0.717, 1.165) is 12.0 Å². The van der Waals surface area contributed by atoms with Gasteiger partial charge in [-0.2, -0.15) is 0 Å². The van der Waals surface area contributed by atoms with Crippen molar-refractivity contribution in [1.29, 1.82) is 0 Å². The van der Waals surface area contributed by atoms with Crippen molar-refractivity contribution in [3.8, 4) is 11.5 Å². The molecule has 0 saturated heterocycles. The van der Waals surface area contributed by atoms with Crippen LogP contribution in [0.2, 0.25) is 0 Å². The zero-order chi connectivity index (χ0) is 20.7. The number of rotatable bonds is 7. The molecule has 3 rings (SSSR count). The van der Waals surface area contributed by atoms with Gasteiger partial charge in [0.15, 0.2) is 18.1 Å². The van der Waals surface area contributed by atoms with Gasteiger partial charge in [-0.15, -0.1) is 0 Å². The number of fused-ring (bicyclic) bond motifs is 1. The molecule has 1 aliphatic carbocycles. The van der Waals surface area contributed by atoms with E-state index in [2.05, 4.69) is 5.32 Å². The molecule has 2 N–H and O–H groups in total. The molecule has 2 unspecified atom stereocenters. The Morgan fingerprint density at radius 2 is 2.00 bits per heavy atom. The van der Waals surface area contributed by atoms with Crippen LogP contribution < -0.4 is 14.8 Å². The number of nitrogens with one attached hydrogen (secondary N) is 1. The predicted octanol–water partition coefficient (Wildman–Crippen LogP) is 2.55. The highest BCUT2D eigenvalue weighted by Crippen LogP contribution is 2.51. The monoisotopic (exact) mass is 391 g/mol. The van der Waals surface area contributed by atoms with E-state index < -0.39 is 22.8 Å². The number of carboxylic acids is 1. The minimum Gasteiger partial charge on any atom is -0.483 e. The zero-order valence-corrected chi connectivity index (χ0v) is 17.1. The van der Waals surface area contributed by atoms with Gasteiger partial charge in [-0.25, -0.2) is 4.79 Å². The number of ether oxygens (including phenoxy) is 3. The van der Waals surface area contributed by atoms with Crippen molar-refractivity contribution in [2.45, 2.75) is 64.7 Å². The summed E-state index contributed by atoms with van der Waals surface area (Å²) in [5.41, 5.74) is -1.39. The summed E-state index contributed by atoms with van der Waals surface area (Å²) in [4.78, 5) is 24.5. The van der Waals surface area contributed by atoms with Gasteiger partial charge in [0.25, 0.3) is 5.91 Å². The molecule has 2 atom stereocenters. The van der Waals surface area contributed by atoms with Gasteiger partial charge in [-0.05, 0) is 26.8 Å². The van der Waals surface area contributed by atoms with E-state index in [-0.39, 0.29) is 24.7 Å². The summed E-state index contributed by atoms with van der Waals surface area (Å²) >= 11 is 0. The van der Waals surface area contributed by atoms with Crippen molar-refractivity contribution < 1.29 is 28.9 Å². The molecule has 0 aromatic heterocycles. The van der Waals surface area contributed by atoms with Crippen LogP contribution in [0.4, 0.5) is 0 Å². The predicted molar refractivity (Wildman–Crippen MR) is 103 cm³/mol. The minimum absolute atomic E-state index is 0.220. The molecule has 1 saturated carbocycles. The Morgan fingerprint density at radius 1 is 1.29 bits per heavy atom. The fraction of sp³-hybridized carbons (Fsp3) is 0.619. The van der Waals surface area contributed by atoms with Gasteiger partial charge in [0.1, 0.15) is 11.1 Å². The van der Waals surface area contributed by atoms with Gasteiger partial charge in [0.05, 0.1) is 6.10 Å². The van der Waals surface area contributed by atoms with Crippen LogP contribution in [0.5, 0.6) is 11.5 Å². The maximum Gasteiger partial charge on any atom is 0.330 e. The van der Waals surface area contributed by atoms with Crippen LogP contribution in [0, 0.1) is 5.41 Å². The van der Waals surface area contributed by atoms with Crippen molar-refractivity contribution in [3.63, 3.8) is 0 Å². The summed E-state index contributed by atoms with van der Waals surface area (Å²) in [5.74, 6) is -0.413. The Balaban J connectivity index is 1.67. The normalized spacial score (nSPS) is 26.5. The quantitative estimate of drug-likeness (QED) is 0.742. The highest BCUT2D eigenvalue weighted by molar-refractivity contribution is 5.90. The van der Waals surface area contributed by atoms with Crippen LogP contribution in [0.1, 0.15) is 46.6 Å². The largest absolute Gasteiger partial charge is 0.483 e. The Hall–Kier alpha value is -2.28. The number of hydrogen-bond donors (Lipinski definition) is 2. The summed E-state index contributed by atoms with van der Waals surface area (Å²) in [6.07, 6.45) is 0.774. The molecule has 1 amide bonds. The molecule has 7 heteroatoms. The van der Waals surface area contributed by atoms with Gasteiger partial charge in [0, 0.05) is 30.4 Å². The van der Waals surface area contributed by atoms with Gasteiger partial charge in [-0.1, -0.05) is 26.0 Å². The molecule has 1 aromatic carbocycles. The Morgan fingerprint density at radius 3 is 2.61 bits per heavy atom. The molecule has 154 valence electrons. The van der Waals surface area contributed by atoms with Gasteiger partial charge < -0.3 is 24.6 Å². The first kappa shape index (κ1) is 20.5. The van der Waals surface area contributed by atoms with Gasteiger partial charge in [-0.3, -0.25) is 4.79 Å². The lowest BCUT2D eigenvalue weighted by Gasteiger charge is -2.58. The summed E-state index contributed by atoms with van der Waals surface area (Å²) in [6, 6.07) is 5.58. The van der Waals surface area contributed by atoms with E-state index in [1.54, 1.807) is 19.9 Å². The van der Waals surface area contributed by atoms with Crippen molar-refractivity contribution >= 4 is 11.9 Å². The van der Waals surface area contributed by atoms with Gasteiger partial charge in [0.2, 0.25) is 0 Å². The molecular weight excluding hydrogens is 362 g/mol. The van der Waals surface area contributed by atoms with E-state index in [1.807, 2.05) is 32.9 Å². The molecule has 28 heavy (non-hydrogen) atoms. The number of amides is 1. The molecule has 1 aliphatic heterocycles. The van der Waals surface area contributed by atoms with Gasteiger partial charge >= 0.3 is 5.97 Å². The third-order valence-electron chi connectivity index (χ3n) is 5.90. The maximum atomic E-state index is 12.5. The third kappa shape index (κ3) is 3.32. The molecular formula is C21H29NO6. The van der Waals surface area contributed by atoms with E-state index >= 15 is 0 Å². The SMILES string of the molecule is CCOC1CC(NC(=O)COc2cccc3c2OC(C)(C)C3)(C(=O)O)C1(C)C. The standard InChI is InChI=1S/C21H29NO6/c1-6-26-15-11-21(18(24)25,20(15,4)5)22-16(23)12-27-14-9-7-8-13-10-19(2,3)28-17(13)14/h7-9,15H,6,10-12H2,1-5H3,(H,22,23)(H,24,25). The van der Waals surface area contributed by atoms with Crippen LogP contribution in [0.3, 0.4) is 0 Å². The molecule has 7 nitrogen and oxygen atoms in total. The first-order chi connectivity index (χ1) is 13.0. The number of carbonyl (C=O) groups is 2. The van der Waals surface area contributed by atoms with Crippen molar-refractivity contribution in [2.75, 3.05) is 13.2 Å². The van der Waals surface area contributed by atoms with E-state index in [4.69, 9.17) is 14.2 Å². The van der Waals surface area contributed by atoms with Crippen LogP contribution in [0.25, 0.3) is 0 Å². The molecule has 1 heterocycles. The van der Waals surface area contributed by atoms with Crippen molar-refractivity contribution in [1.82, 2.24) is 5.32 Å². The highest BCUT2D eigenvalue weighted by atomic mass is 16.5. The summed E-state index contributed by atoms with van der Waals surface area (Å²) < 4.78 is 17.2. The topological polar surface area (TPSA) is 94.1 Å². The first-order valence-electron chi connectivity index (χ1n) is 9.62. The maximum absolute atomic E-state index is 12.5. The third-order valence-corrected chi connectivity index (χ3v) is 5.90. The lowest BCUT2D eigenvalue weighted by atomic mass is 9.54. The fourth-order valence-electron chi connectivity index (χ4n) is 4.16. The van der Waals surface area contributed by atoms with Crippen LogP contribution in [0.15, 0.2) is 18.2 Å².